The summed E-state index contributed by atoms with van der Waals surface area (Å²) in [5.41, 5.74) is 1.61. The third-order valence-electron chi connectivity index (χ3n) is 5.24. The van der Waals surface area contributed by atoms with E-state index < -0.39 is 9.84 Å². The first-order valence-corrected chi connectivity index (χ1v) is 13.1. The predicted molar refractivity (Wildman–Crippen MR) is 129 cm³/mol. The van der Waals surface area contributed by atoms with Gasteiger partial charge >= 0.3 is 0 Å². The molecule has 0 bridgehead atoms. The topological polar surface area (TPSA) is 114 Å². The lowest BCUT2D eigenvalue weighted by Crippen LogP contribution is -2.36. The number of hydrogen-bond donors (Lipinski definition) is 2. The Morgan fingerprint density at radius 1 is 1.15 bits per heavy atom. The normalized spacial score (nSPS) is 16.9. The molecule has 8 nitrogen and oxygen atoms in total. The highest BCUT2D eigenvalue weighted by atomic mass is 32.2. The lowest BCUT2D eigenvalue weighted by molar-refractivity contribution is -0.119. The number of nitrogens with one attached hydrogen (secondary N) is 2. The van der Waals surface area contributed by atoms with Crippen molar-refractivity contribution < 1.29 is 22.7 Å². The fourth-order valence-corrected chi connectivity index (χ4v) is 6.07. The number of rotatable bonds is 7. The highest BCUT2D eigenvalue weighted by molar-refractivity contribution is 7.99. The number of benzene rings is 2. The quantitative estimate of drug-likeness (QED) is 0.495. The summed E-state index contributed by atoms with van der Waals surface area (Å²) in [7, 11) is -1.53. The highest BCUT2D eigenvalue weighted by Crippen LogP contribution is 2.27. The Morgan fingerprint density at radius 2 is 1.91 bits per heavy atom. The molecule has 172 valence electrons. The van der Waals surface area contributed by atoms with E-state index in [0.29, 0.717) is 39.4 Å². The summed E-state index contributed by atoms with van der Waals surface area (Å²) >= 11 is 1.19. The number of para-hydroxylation sites is 3. The molecule has 1 aliphatic heterocycles. The fourth-order valence-electron chi connectivity index (χ4n) is 3.67. The molecule has 1 aliphatic rings. The summed E-state index contributed by atoms with van der Waals surface area (Å²) in [5, 5.41) is 6.86. The maximum Gasteiger partial charge on any atom is 0.256 e. The number of amides is 2. The van der Waals surface area contributed by atoms with Crippen LogP contribution in [0.1, 0.15) is 16.8 Å². The van der Waals surface area contributed by atoms with Gasteiger partial charge in [0.1, 0.15) is 5.75 Å². The van der Waals surface area contributed by atoms with E-state index in [1.807, 2.05) is 30.3 Å². The Balaban J connectivity index is 1.51. The van der Waals surface area contributed by atoms with Crippen molar-refractivity contribution in [1.29, 1.82) is 0 Å². The Labute approximate surface area is 196 Å². The zero-order valence-electron chi connectivity index (χ0n) is 17.9. The minimum Gasteiger partial charge on any atom is -0.495 e. The Morgan fingerprint density at radius 3 is 2.67 bits per heavy atom. The molecular formula is C23H23N3O5S2. The van der Waals surface area contributed by atoms with Crippen LogP contribution in [0.25, 0.3) is 10.9 Å². The van der Waals surface area contributed by atoms with Gasteiger partial charge in [0.15, 0.2) is 9.84 Å². The molecule has 0 saturated carbocycles. The number of hydrogen-bond acceptors (Lipinski definition) is 7. The van der Waals surface area contributed by atoms with E-state index in [2.05, 4.69) is 15.6 Å². The number of fused-ring (bicyclic) bond motifs is 1. The lowest BCUT2D eigenvalue weighted by atomic mass is 10.1. The first-order chi connectivity index (χ1) is 15.8. The van der Waals surface area contributed by atoms with Crippen LogP contribution in [-0.4, -0.2) is 55.6 Å². The van der Waals surface area contributed by atoms with Gasteiger partial charge in [-0.2, -0.15) is 0 Å². The van der Waals surface area contributed by atoms with Gasteiger partial charge in [0.2, 0.25) is 5.91 Å². The number of carbonyl (C=O) groups is 2. The number of thioether (sulfide) groups is 1. The third kappa shape index (κ3) is 5.63. The molecular weight excluding hydrogens is 462 g/mol. The van der Waals surface area contributed by atoms with E-state index in [1.54, 1.807) is 24.3 Å². The second-order valence-electron chi connectivity index (χ2n) is 7.64. The van der Waals surface area contributed by atoms with Gasteiger partial charge < -0.3 is 15.4 Å². The lowest BCUT2D eigenvalue weighted by Gasteiger charge is -2.13. The molecule has 33 heavy (non-hydrogen) atoms. The number of sulfone groups is 1. The van der Waals surface area contributed by atoms with Crippen LogP contribution in [0.2, 0.25) is 0 Å². The summed E-state index contributed by atoms with van der Waals surface area (Å²) in [6.07, 6.45) is 0.431. The van der Waals surface area contributed by atoms with Crippen molar-refractivity contribution in [3.8, 4) is 5.75 Å². The van der Waals surface area contributed by atoms with Gasteiger partial charge in [0, 0.05) is 11.4 Å². The van der Waals surface area contributed by atoms with E-state index in [-0.39, 0.29) is 35.1 Å². The van der Waals surface area contributed by atoms with Crippen molar-refractivity contribution in [2.75, 3.05) is 29.7 Å². The van der Waals surface area contributed by atoms with Crippen LogP contribution in [0.3, 0.4) is 0 Å². The zero-order valence-corrected chi connectivity index (χ0v) is 19.5. The molecule has 4 rings (SSSR count). The Kier molecular flexibility index (Phi) is 6.85. The predicted octanol–water partition coefficient (Wildman–Crippen LogP) is 2.89. The summed E-state index contributed by atoms with van der Waals surface area (Å²) in [5.74, 6) is 0.101. The van der Waals surface area contributed by atoms with E-state index >= 15 is 0 Å². The van der Waals surface area contributed by atoms with Crippen molar-refractivity contribution in [3.63, 3.8) is 0 Å². The van der Waals surface area contributed by atoms with Gasteiger partial charge in [0.05, 0.1) is 46.2 Å². The third-order valence-corrected chi connectivity index (χ3v) is 7.92. The van der Waals surface area contributed by atoms with E-state index in [0.717, 1.165) is 0 Å². The van der Waals surface area contributed by atoms with Crippen molar-refractivity contribution in [2.24, 2.45) is 0 Å². The van der Waals surface area contributed by atoms with Crippen molar-refractivity contribution in [1.82, 2.24) is 10.3 Å². The van der Waals surface area contributed by atoms with Crippen LogP contribution in [0, 0.1) is 0 Å². The van der Waals surface area contributed by atoms with Gasteiger partial charge in [-0.15, -0.1) is 0 Å². The van der Waals surface area contributed by atoms with E-state index in [4.69, 9.17) is 4.74 Å². The van der Waals surface area contributed by atoms with Gasteiger partial charge in [-0.25, -0.2) is 13.4 Å². The second-order valence-corrected chi connectivity index (χ2v) is 10.9. The molecule has 1 unspecified atom stereocenters. The molecule has 10 heteroatoms. The maximum absolute atomic E-state index is 13.1. The molecule has 1 saturated heterocycles. The minimum atomic E-state index is -3.07. The number of ether oxygens (including phenoxy) is 1. The molecule has 1 aromatic heterocycles. The minimum absolute atomic E-state index is 0.0229. The number of methoxy groups -OCH3 is 1. The average molecular weight is 486 g/mol. The summed E-state index contributed by atoms with van der Waals surface area (Å²) in [4.78, 5) is 30.0. The van der Waals surface area contributed by atoms with Gasteiger partial charge in [-0.3, -0.25) is 9.59 Å². The molecule has 2 aromatic carbocycles. The van der Waals surface area contributed by atoms with E-state index in [9.17, 15) is 18.0 Å². The molecule has 1 atom stereocenters. The van der Waals surface area contributed by atoms with Gasteiger partial charge in [-0.1, -0.05) is 42.1 Å². The maximum atomic E-state index is 13.1. The number of pyridine rings is 1. The van der Waals surface area contributed by atoms with Crippen LogP contribution in [0.4, 0.5) is 5.69 Å². The zero-order chi connectivity index (χ0) is 23.4. The first-order valence-electron chi connectivity index (χ1n) is 10.3. The number of nitrogens with zero attached hydrogens (tertiary/aromatic N) is 1. The van der Waals surface area contributed by atoms with Crippen LogP contribution in [0.15, 0.2) is 59.6 Å². The molecule has 1 fully saturated rings. The second kappa shape index (κ2) is 9.80. The van der Waals surface area contributed by atoms with E-state index in [1.165, 1.54) is 18.9 Å². The summed E-state index contributed by atoms with van der Waals surface area (Å²) in [6, 6.07) is 15.7. The standard InChI is InChI=1S/C23H23N3O5S2/c1-31-20-9-5-4-8-19(20)26-23(28)17-12-22(25-18-7-3-2-6-16(17)18)32-13-21(27)24-15-10-11-33(29,30)14-15/h2-9,12,15H,10-11,13-14H2,1H3,(H,24,27)(H,26,28). The molecule has 2 N–H and O–H groups in total. The molecule has 0 aliphatic carbocycles. The summed E-state index contributed by atoms with van der Waals surface area (Å²) in [6.45, 7) is 0. The Hall–Kier alpha value is -3.11. The van der Waals surface area contributed by atoms with Crippen molar-refractivity contribution in [2.45, 2.75) is 17.5 Å². The van der Waals surface area contributed by atoms with Crippen molar-refractivity contribution >= 4 is 50.0 Å². The highest BCUT2D eigenvalue weighted by Gasteiger charge is 2.28. The molecule has 0 radical (unpaired) electrons. The van der Waals surface area contributed by atoms with Crippen LogP contribution in [0.5, 0.6) is 5.75 Å². The monoisotopic (exact) mass is 485 g/mol. The molecule has 0 spiro atoms. The Bertz CT molecular complexity index is 1310. The van der Waals surface area contributed by atoms with Crippen molar-refractivity contribution in [3.05, 3.63) is 60.2 Å². The smallest absolute Gasteiger partial charge is 0.256 e. The fraction of sp³-hybridized carbons (Fsp3) is 0.261. The van der Waals surface area contributed by atoms with Gasteiger partial charge in [-0.05, 0) is 30.7 Å². The molecule has 2 amide bonds. The average Bonchev–Trinajstić information content (AvgIpc) is 3.15. The van der Waals surface area contributed by atoms with Gasteiger partial charge in [0.25, 0.3) is 5.91 Å². The SMILES string of the molecule is COc1ccccc1NC(=O)c1cc(SCC(=O)NC2CCS(=O)(=O)C2)nc2ccccc12. The van der Waals surface area contributed by atoms with Crippen LogP contribution in [-0.2, 0) is 14.6 Å². The number of anilines is 1. The number of aromatic nitrogens is 1. The van der Waals surface area contributed by atoms with Crippen LogP contribution < -0.4 is 15.4 Å². The largest absolute Gasteiger partial charge is 0.495 e. The van der Waals surface area contributed by atoms with Crippen LogP contribution >= 0.6 is 11.8 Å². The number of carbonyl (C=O) groups excluding carboxylic acids is 2. The molecule has 2 heterocycles. The molecule has 3 aromatic rings. The summed E-state index contributed by atoms with van der Waals surface area (Å²) < 4.78 is 28.5. The first kappa shape index (κ1) is 23.1.